The summed E-state index contributed by atoms with van der Waals surface area (Å²) in [5.74, 6) is 1.51. The predicted octanol–water partition coefficient (Wildman–Crippen LogP) is 6.67. The molecule has 19 nitrogen and oxygen atoms in total. The number of pyridine rings is 1. The first kappa shape index (κ1) is 54.1. The molecule has 2 saturated heterocycles. The summed E-state index contributed by atoms with van der Waals surface area (Å²) in [6.07, 6.45) is 10.2. The van der Waals surface area contributed by atoms with Crippen LogP contribution < -0.4 is 23.7 Å². The van der Waals surface area contributed by atoms with Crippen LogP contribution >= 0.6 is 0 Å². The van der Waals surface area contributed by atoms with Crippen molar-refractivity contribution in [1.82, 2.24) is 19.7 Å². The van der Waals surface area contributed by atoms with Crippen LogP contribution in [0.2, 0.25) is 0 Å². The maximum absolute atomic E-state index is 13.8. The molecule has 3 aromatic rings. The van der Waals surface area contributed by atoms with Gasteiger partial charge in [0.05, 0.1) is 119 Å². The summed E-state index contributed by atoms with van der Waals surface area (Å²) in [6, 6.07) is 9.93. The molecule has 1 aromatic heterocycles. The van der Waals surface area contributed by atoms with Crippen LogP contribution in [-0.4, -0.2) is 168 Å². The number of Topliss-reactive ketones (excluding diaryl/α,β-unsaturated/α-hetero) is 1. The van der Waals surface area contributed by atoms with Crippen molar-refractivity contribution in [2.75, 3.05) is 100 Å². The van der Waals surface area contributed by atoms with Crippen LogP contribution in [-0.2, 0) is 41.8 Å². The van der Waals surface area contributed by atoms with Gasteiger partial charge in [0.2, 0.25) is 5.91 Å². The van der Waals surface area contributed by atoms with Gasteiger partial charge in [-0.05, 0) is 52.2 Å². The van der Waals surface area contributed by atoms with Crippen molar-refractivity contribution in [3.63, 3.8) is 0 Å². The van der Waals surface area contributed by atoms with E-state index in [0.29, 0.717) is 135 Å². The number of carbonyl (C=O) groups is 4. The molecule has 73 heavy (non-hydrogen) atoms. The van der Waals surface area contributed by atoms with Gasteiger partial charge in [-0.15, -0.1) is 0 Å². The SMILES string of the molecule is C/C=C1\C[C@H]2C=Nc3cc(OCc4cc(OCCN(CCCC(C)=O)C(=O)CCOCCOCCOCCOC)cc(COc5cc6c(cc5OC)C(=O)N5C/C(=C/C)C[C@H]5C=N6)n4)c(OC)cc3C(=O)N2C1. The predicted molar refractivity (Wildman–Crippen MR) is 273 cm³/mol. The summed E-state index contributed by atoms with van der Waals surface area (Å²) in [5, 5.41) is 0. The van der Waals surface area contributed by atoms with E-state index in [2.05, 4.69) is 0 Å². The minimum absolute atomic E-state index is 0.0368. The number of nitrogens with zero attached hydrogens (tertiary/aromatic N) is 6. The number of benzene rings is 2. The number of allylic oxidation sites excluding steroid dienone is 2. The Morgan fingerprint density at radius 1 is 0.630 bits per heavy atom. The van der Waals surface area contributed by atoms with Gasteiger partial charge in [0, 0.05) is 69.9 Å². The molecule has 0 saturated carbocycles. The van der Waals surface area contributed by atoms with Gasteiger partial charge in [-0.25, -0.2) is 0 Å². The van der Waals surface area contributed by atoms with Gasteiger partial charge in [-0.1, -0.05) is 23.3 Å². The number of hydrogen-bond acceptors (Lipinski definition) is 16. The van der Waals surface area contributed by atoms with Crippen LogP contribution in [0, 0.1) is 0 Å². The number of carbonyl (C=O) groups excluding carboxylic acids is 4. The fourth-order valence-corrected chi connectivity index (χ4v) is 8.84. The van der Waals surface area contributed by atoms with Crippen molar-refractivity contribution in [2.45, 2.75) is 78.2 Å². The van der Waals surface area contributed by atoms with Crippen LogP contribution in [0.25, 0.3) is 0 Å². The van der Waals surface area contributed by atoms with Crippen LogP contribution in [0.1, 0.15) is 85.0 Å². The van der Waals surface area contributed by atoms with Crippen molar-refractivity contribution >= 4 is 47.3 Å². The first-order valence-electron chi connectivity index (χ1n) is 24.8. The van der Waals surface area contributed by atoms with Gasteiger partial charge in [0.15, 0.2) is 23.0 Å². The second-order valence-electron chi connectivity index (χ2n) is 17.9. The van der Waals surface area contributed by atoms with Crippen LogP contribution in [0.4, 0.5) is 11.4 Å². The van der Waals surface area contributed by atoms with Gasteiger partial charge in [-0.2, -0.15) is 0 Å². The summed E-state index contributed by atoms with van der Waals surface area (Å²) in [6.45, 7) is 10.0. The summed E-state index contributed by atoms with van der Waals surface area (Å²) in [4.78, 5) is 72.5. The molecule has 5 heterocycles. The molecular weight excluding hydrogens is 941 g/mol. The lowest BCUT2D eigenvalue weighted by molar-refractivity contribution is -0.133. The highest BCUT2D eigenvalue weighted by atomic mass is 16.6. The van der Waals surface area contributed by atoms with E-state index in [1.807, 2.05) is 48.2 Å². The minimum atomic E-state index is -0.141. The molecule has 0 bridgehead atoms. The molecule has 3 amide bonds. The molecule has 0 aliphatic carbocycles. The van der Waals surface area contributed by atoms with Crippen LogP contribution in [0.3, 0.4) is 0 Å². The van der Waals surface area contributed by atoms with Gasteiger partial charge >= 0.3 is 0 Å². The average molecular weight is 1010 g/mol. The molecule has 4 aliphatic heterocycles. The molecule has 392 valence electrons. The molecule has 0 spiro atoms. The topological polar surface area (TPSA) is 199 Å². The fourth-order valence-electron chi connectivity index (χ4n) is 8.84. The third-order valence-corrected chi connectivity index (χ3v) is 12.9. The monoisotopic (exact) mass is 1010 g/mol. The van der Waals surface area contributed by atoms with E-state index in [4.69, 9.17) is 57.6 Å². The maximum Gasteiger partial charge on any atom is 0.257 e. The summed E-state index contributed by atoms with van der Waals surface area (Å²) >= 11 is 0. The third kappa shape index (κ3) is 14.5. The summed E-state index contributed by atoms with van der Waals surface area (Å²) < 4.78 is 52.2. The van der Waals surface area contributed by atoms with Crippen molar-refractivity contribution in [1.29, 1.82) is 0 Å². The van der Waals surface area contributed by atoms with E-state index in [0.717, 1.165) is 12.8 Å². The van der Waals surface area contributed by atoms with Crippen LogP contribution in [0.5, 0.6) is 28.7 Å². The fraction of sp³-hybridized carbons (Fsp3) is 0.500. The van der Waals surface area contributed by atoms with E-state index in [9.17, 15) is 19.2 Å². The quantitative estimate of drug-likeness (QED) is 0.0552. The molecule has 2 aromatic carbocycles. The van der Waals surface area contributed by atoms with E-state index in [1.165, 1.54) is 32.3 Å². The van der Waals surface area contributed by atoms with E-state index < -0.39 is 0 Å². The lowest BCUT2D eigenvalue weighted by atomic mass is 10.1. The number of amides is 3. The van der Waals surface area contributed by atoms with E-state index in [-0.39, 0.29) is 75.0 Å². The third-order valence-electron chi connectivity index (χ3n) is 12.9. The Hall–Kier alpha value is -6.67. The van der Waals surface area contributed by atoms with Crippen LogP contribution in [0.15, 0.2) is 69.7 Å². The summed E-state index contributed by atoms with van der Waals surface area (Å²) in [5.41, 5.74) is 5.10. The van der Waals surface area contributed by atoms with E-state index in [1.54, 1.807) is 48.4 Å². The highest BCUT2D eigenvalue weighted by Gasteiger charge is 2.36. The molecular formula is C54H68N6O13. The Bertz CT molecular complexity index is 2430. The molecule has 19 heteroatoms. The molecule has 4 aliphatic rings. The minimum Gasteiger partial charge on any atom is -0.493 e. The smallest absolute Gasteiger partial charge is 0.257 e. The van der Waals surface area contributed by atoms with Gasteiger partial charge in [-0.3, -0.25) is 29.4 Å². The van der Waals surface area contributed by atoms with Crippen molar-refractivity contribution in [3.8, 4) is 28.7 Å². The van der Waals surface area contributed by atoms with Gasteiger partial charge < -0.3 is 62.1 Å². The Labute approximate surface area is 427 Å². The van der Waals surface area contributed by atoms with Crippen molar-refractivity contribution in [2.24, 2.45) is 9.98 Å². The van der Waals surface area contributed by atoms with Gasteiger partial charge in [0.25, 0.3) is 11.8 Å². The highest BCUT2D eigenvalue weighted by molar-refractivity contribution is 6.05. The lowest BCUT2D eigenvalue weighted by Gasteiger charge is -2.23. The standard InChI is InChI=1S/C54H68N6O13/c1-7-37-22-41-30-55-46-28-50(48(66-5)26-44(46)53(63)59(41)32-37)72-34-39-24-43(71-15-13-58(12-9-10-36(3)61)52(62)11-14-68-18-19-70-21-20-69-17-16-65-4)25-40(57-39)35-73-51-29-47-45(27-49(51)67-6)54(64)60-33-38(8-2)23-42(60)31-56-47/h7-8,24-31,41-42H,9-23,32-35H2,1-6H3/b37-7+,38-8+/t41-,42-/m0/s1. The van der Waals surface area contributed by atoms with Crippen molar-refractivity contribution < 1.29 is 61.8 Å². The highest BCUT2D eigenvalue weighted by Crippen LogP contribution is 2.41. The number of methoxy groups -OCH3 is 3. The number of aromatic nitrogens is 1. The zero-order valence-electron chi connectivity index (χ0n) is 42.9. The van der Waals surface area contributed by atoms with E-state index >= 15 is 0 Å². The van der Waals surface area contributed by atoms with Crippen molar-refractivity contribution in [3.05, 3.63) is 82.2 Å². The number of aliphatic imine (C=N–C) groups is 2. The number of hydrogen-bond donors (Lipinski definition) is 0. The molecule has 0 radical (unpaired) electrons. The average Bonchev–Trinajstić information content (AvgIpc) is 3.97. The lowest BCUT2D eigenvalue weighted by Crippen LogP contribution is -2.36. The molecule has 0 unspecified atom stereocenters. The second-order valence-corrected chi connectivity index (χ2v) is 17.9. The van der Waals surface area contributed by atoms with Gasteiger partial charge in [0.1, 0.15) is 31.4 Å². The zero-order chi connectivity index (χ0) is 51.7. The molecule has 2 fully saturated rings. The molecule has 7 rings (SSSR count). The first-order chi connectivity index (χ1) is 35.5. The molecule has 2 atom stereocenters. The summed E-state index contributed by atoms with van der Waals surface area (Å²) in [7, 11) is 4.64. The molecule has 0 N–H and O–H groups in total. The normalized spacial score (nSPS) is 17.8. The Morgan fingerprint density at radius 2 is 1.14 bits per heavy atom. The Kier molecular flexibility index (Phi) is 19.9. The maximum atomic E-state index is 13.8. The Balaban J connectivity index is 1.06. The second kappa shape index (κ2) is 26.9. The number of ether oxygens (including phenoxy) is 9. The number of ketones is 1. The Morgan fingerprint density at radius 3 is 1.62 bits per heavy atom. The zero-order valence-corrected chi connectivity index (χ0v) is 42.9. The largest absolute Gasteiger partial charge is 0.493 e. The number of rotatable bonds is 28. The number of fused-ring (bicyclic) bond motifs is 4. The first-order valence-corrected chi connectivity index (χ1v) is 24.8.